The predicted molar refractivity (Wildman–Crippen MR) is 53.8 cm³/mol. The number of rotatable bonds is 0. The van der Waals surface area contributed by atoms with Gasteiger partial charge in [-0.1, -0.05) is 20.5 Å². The molecule has 0 aromatic carbocycles. The Morgan fingerprint density at radius 3 is 2.00 bits per heavy atom. The van der Waals surface area contributed by atoms with Gasteiger partial charge in [-0.05, 0) is 6.92 Å². The Hall–Kier alpha value is 0.0600. The molecular formula is C7H16NPS. The minimum Gasteiger partial charge on any atom is -0.253 e. The first-order valence-corrected chi connectivity index (χ1v) is 5.36. The van der Waals surface area contributed by atoms with Crippen molar-refractivity contribution in [2.45, 2.75) is 20.8 Å². The molecule has 0 N–H and O–H groups in total. The van der Waals surface area contributed by atoms with Crippen molar-refractivity contribution in [2.24, 2.45) is 0 Å². The molecule has 0 aliphatic rings. The average Bonchev–Trinajstić information content (AvgIpc) is 2.48. The Labute approximate surface area is 70.1 Å². The van der Waals surface area contributed by atoms with Gasteiger partial charge in [0.15, 0.2) is 0 Å². The quantitative estimate of drug-likeness (QED) is 0.555. The third-order valence-electron chi connectivity index (χ3n) is 0.556. The van der Waals surface area contributed by atoms with Crippen LogP contribution in [0, 0.1) is 6.92 Å². The SMILES string of the molecule is CC.CP.Cc1cncs1. The molecule has 1 aromatic heterocycles. The number of hydrogen-bond acceptors (Lipinski definition) is 2. The minimum absolute atomic E-state index is 1.27. The predicted octanol–water partition coefficient (Wildman–Crippen LogP) is 2.97. The second-order valence-corrected chi connectivity index (χ2v) is 2.20. The minimum atomic E-state index is 1.27. The van der Waals surface area contributed by atoms with Crippen molar-refractivity contribution >= 4 is 20.6 Å². The van der Waals surface area contributed by atoms with Crippen LogP contribution in [0.3, 0.4) is 0 Å². The van der Waals surface area contributed by atoms with Crippen LogP contribution in [0.2, 0.25) is 0 Å². The molecule has 0 radical (unpaired) electrons. The van der Waals surface area contributed by atoms with E-state index in [-0.39, 0.29) is 0 Å². The lowest BCUT2D eigenvalue weighted by Gasteiger charge is -1.63. The van der Waals surface area contributed by atoms with E-state index in [2.05, 4.69) is 14.2 Å². The van der Waals surface area contributed by atoms with Crippen LogP contribution in [0.25, 0.3) is 0 Å². The molecule has 1 heterocycles. The fourth-order valence-corrected chi connectivity index (χ4v) is 0.689. The van der Waals surface area contributed by atoms with Crippen LogP contribution in [0.15, 0.2) is 11.7 Å². The molecule has 0 bridgehead atoms. The highest BCUT2D eigenvalue weighted by Gasteiger charge is 1.76. The van der Waals surface area contributed by atoms with E-state index in [1.807, 2.05) is 39.1 Å². The van der Waals surface area contributed by atoms with E-state index < -0.39 is 0 Å². The maximum absolute atomic E-state index is 3.84. The molecular weight excluding hydrogens is 161 g/mol. The second-order valence-electron chi connectivity index (χ2n) is 1.11. The monoisotopic (exact) mass is 177 g/mol. The fraction of sp³-hybridized carbons (Fsp3) is 0.571. The number of thiazole rings is 1. The van der Waals surface area contributed by atoms with Gasteiger partial charge >= 0.3 is 0 Å². The van der Waals surface area contributed by atoms with Crippen molar-refractivity contribution in [3.8, 4) is 0 Å². The van der Waals surface area contributed by atoms with Crippen LogP contribution < -0.4 is 0 Å². The maximum atomic E-state index is 3.84. The van der Waals surface area contributed by atoms with Gasteiger partial charge in [0.2, 0.25) is 0 Å². The van der Waals surface area contributed by atoms with E-state index in [0.717, 1.165) is 0 Å². The molecule has 1 aromatic rings. The number of nitrogens with zero attached hydrogens (tertiary/aromatic N) is 1. The van der Waals surface area contributed by atoms with Crippen LogP contribution >= 0.6 is 20.6 Å². The van der Waals surface area contributed by atoms with Crippen LogP contribution in [0.1, 0.15) is 18.7 Å². The van der Waals surface area contributed by atoms with Crippen LogP contribution in [0.4, 0.5) is 0 Å². The molecule has 1 nitrogen and oxygen atoms in total. The van der Waals surface area contributed by atoms with Gasteiger partial charge in [0.05, 0.1) is 5.51 Å². The van der Waals surface area contributed by atoms with Crippen LogP contribution in [0.5, 0.6) is 0 Å². The Balaban J connectivity index is 0. The second kappa shape index (κ2) is 11.8. The summed E-state index contributed by atoms with van der Waals surface area (Å²) in [6.45, 7) is 7.96. The molecule has 1 rings (SSSR count). The van der Waals surface area contributed by atoms with Gasteiger partial charge in [-0.15, -0.1) is 20.6 Å². The summed E-state index contributed by atoms with van der Waals surface area (Å²) in [6.07, 6.45) is 1.85. The molecule has 1 atom stereocenters. The standard InChI is InChI=1S/C4H5NS.C2H6.CH5P/c1-4-2-5-3-6-4;2*1-2/h2-3H,1H3;1-2H3;2H2,1H3. The molecule has 0 aliphatic carbocycles. The average molecular weight is 177 g/mol. The molecule has 0 saturated carbocycles. The lowest BCUT2D eigenvalue weighted by molar-refractivity contribution is 1.39. The summed E-state index contributed by atoms with van der Waals surface area (Å²) in [5.41, 5.74) is 1.83. The summed E-state index contributed by atoms with van der Waals surface area (Å²) in [6, 6.07) is 0. The van der Waals surface area contributed by atoms with Crippen LogP contribution in [-0.2, 0) is 0 Å². The van der Waals surface area contributed by atoms with Crippen molar-refractivity contribution in [2.75, 3.05) is 6.66 Å². The third-order valence-corrected chi connectivity index (χ3v) is 1.26. The number of aryl methyl sites for hydroxylation is 1. The zero-order chi connectivity index (χ0) is 8.41. The highest BCUT2D eigenvalue weighted by molar-refractivity contribution is 7.15. The van der Waals surface area contributed by atoms with Gasteiger partial charge in [-0.25, -0.2) is 0 Å². The Kier molecular flexibility index (Phi) is 15.0. The van der Waals surface area contributed by atoms with Gasteiger partial charge in [0.1, 0.15) is 0 Å². The largest absolute Gasteiger partial charge is 0.253 e. The van der Waals surface area contributed by atoms with E-state index in [1.54, 1.807) is 11.3 Å². The number of hydrogen-bond donors (Lipinski definition) is 0. The van der Waals surface area contributed by atoms with E-state index >= 15 is 0 Å². The molecule has 0 amide bonds. The van der Waals surface area contributed by atoms with Gasteiger partial charge in [-0.2, -0.15) is 0 Å². The summed E-state index contributed by atoms with van der Waals surface area (Å²) in [5.74, 6) is 0. The van der Waals surface area contributed by atoms with Gasteiger partial charge in [-0.3, -0.25) is 4.98 Å². The molecule has 1 unspecified atom stereocenters. The first kappa shape index (κ1) is 12.7. The van der Waals surface area contributed by atoms with Crippen molar-refractivity contribution < 1.29 is 0 Å². The summed E-state index contributed by atoms with van der Waals surface area (Å²) in [7, 11) is 2.42. The van der Waals surface area contributed by atoms with Crippen molar-refractivity contribution in [1.82, 2.24) is 4.98 Å². The first-order chi connectivity index (χ1) is 4.89. The molecule has 60 valence electrons. The summed E-state index contributed by atoms with van der Waals surface area (Å²) >= 11 is 1.67. The summed E-state index contributed by atoms with van der Waals surface area (Å²) < 4.78 is 0. The lowest BCUT2D eigenvalue weighted by Crippen LogP contribution is -1.48. The van der Waals surface area contributed by atoms with E-state index in [0.29, 0.717) is 0 Å². The number of aromatic nitrogens is 1. The fourth-order valence-electron chi connectivity index (χ4n) is 0.279. The zero-order valence-corrected chi connectivity index (χ0v) is 9.06. The topological polar surface area (TPSA) is 12.9 Å². The van der Waals surface area contributed by atoms with Crippen LogP contribution in [-0.4, -0.2) is 11.6 Å². The first-order valence-electron chi connectivity index (χ1n) is 3.32. The van der Waals surface area contributed by atoms with Gasteiger partial charge in [0.25, 0.3) is 0 Å². The van der Waals surface area contributed by atoms with Gasteiger partial charge < -0.3 is 0 Å². The van der Waals surface area contributed by atoms with E-state index in [1.165, 1.54) is 4.88 Å². The normalized spacial score (nSPS) is 6.50. The molecule has 10 heavy (non-hydrogen) atoms. The maximum Gasteiger partial charge on any atom is 0.0794 e. The smallest absolute Gasteiger partial charge is 0.0794 e. The molecule has 3 heteroatoms. The summed E-state index contributed by atoms with van der Waals surface area (Å²) in [5, 5.41) is 0. The van der Waals surface area contributed by atoms with Gasteiger partial charge in [0, 0.05) is 11.1 Å². The molecule has 0 spiro atoms. The van der Waals surface area contributed by atoms with E-state index in [9.17, 15) is 0 Å². The zero-order valence-electron chi connectivity index (χ0n) is 7.09. The van der Waals surface area contributed by atoms with Crippen molar-refractivity contribution in [3.05, 3.63) is 16.6 Å². The Morgan fingerprint density at radius 1 is 1.40 bits per heavy atom. The Morgan fingerprint density at radius 2 is 1.90 bits per heavy atom. The highest BCUT2D eigenvalue weighted by atomic mass is 32.1. The van der Waals surface area contributed by atoms with E-state index in [4.69, 9.17) is 0 Å². The lowest BCUT2D eigenvalue weighted by atomic mass is 10.7. The van der Waals surface area contributed by atoms with Crippen molar-refractivity contribution in [3.63, 3.8) is 0 Å². The third kappa shape index (κ3) is 8.06. The molecule has 0 aliphatic heterocycles. The molecule has 0 saturated heterocycles. The van der Waals surface area contributed by atoms with Crippen molar-refractivity contribution in [1.29, 1.82) is 0 Å². The summed E-state index contributed by atoms with van der Waals surface area (Å²) in [4.78, 5) is 5.11. The Bertz CT molecular complexity index is 117. The highest BCUT2D eigenvalue weighted by Crippen LogP contribution is 1.99. The molecule has 0 fully saturated rings.